The number of unbranched alkanes of at least 4 members (excludes halogenated alkanes) is 1. The number of benzene rings is 2. The number of anilines is 1. The van der Waals surface area contributed by atoms with Crippen molar-refractivity contribution in [3.8, 4) is 11.5 Å². The summed E-state index contributed by atoms with van der Waals surface area (Å²) >= 11 is 5.84. The summed E-state index contributed by atoms with van der Waals surface area (Å²) < 4.78 is 11.3. The highest BCUT2D eigenvalue weighted by Crippen LogP contribution is 2.24. The summed E-state index contributed by atoms with van der Waals surface area (Å²) in [5.41, 5.74) is 0.644. The Balaban J connectivity index is 1.96. The third kappa shape index (κ3) is 5.46. The standard InChI is InChI=1S/C19H22ClNO3/c1-3-4-13-23-18-8-6-5-7-17(18)21-19(22)14(2)24-16-11-9-15(20)10-12-16/h5-12,14H,3-4,13H2,1-2H3,(H,21,22). The maximum absolute atomic E-state index is 12.3. The number of hydrogen-bond acceptors (Lipinski definition) is 3. The van der Waals surface area contributed by atoms with Gasteiger partial charge in [0.25, 0.3) is 5.91 Å². The lowest BCUT2D eigenvalue weighted by Gasteiger charge is -2.16. The van der Waals surface area contributed by atoms with Gasteiger partial charge in [-0.15, -0.1) is 0 Å². The molecular weight excluding hydrogens is 326 g/mol. The Morgan fingerprint density at radius 3 is 2.58 bits per heavy atom. The van der Waals surface area contributed by atoms with Crippen LogP contribution in [0.15, 0.2) is 48.5 Å². The van der Waals surface area contributed by atoms with E-state index in [4.69, 9.17) is 21.1 Å². The van der Waals surface area contributed by atoms with Gasteiger partial charge in [0.2, 0.25) is 0 Å². The Kier molecular flexibility index (Phi) is 6.94. The lowest BCUT2D eigenvalue weighted by Crippen LogP contribution is -2.30. The Morgan fingerprint density at radius 1 is 1.17 bits per heavy atom. The Labute approximate surface area is 147 Å². The highest BCUT2D eigenvalue weighted by molar-refractivity contribution is 6.30. The number of carbonyl (C=O) groups excluding carboxylic acids is 1. The van der Waals surface area contributed by atoms with Crippen LogP contribution in [0, 0.1) is 0 Å². The zero-order valence-corrected chi connectivity index (χ0v) is 14.7. The Morgan fingerprint density at radius 2 is 1.88 bits per heavy atom. The van der Waals surface area contributed by atoms with Crippen LogP contribution >= 0.6 is 11.6 Å². The van der Waals surface area contributed by atoms with E-state index < -0.39 is 6.10 Å². The molecule has 0 radical (unpaired) electrons. The van der Waals surface area contributed by atoms with E-state index >= 15 is 0 Å². The quantitative estimate of drug-likeness (QED) is 0.689. The van der Waals surface area contributed by atoms with E-state index in [1.807, 2.05) is 24.3 Å². The second kappa shape index (κ2) is 9.18. The number of carbonyl (C=O) groups is 1. The van der Waals surface area contributed by atoms with E-state index in [0.29, 0.717) is 28.8 Å². The molecule has 2 aromatic carbocycles. The van der Waals surface area contributed by atoms with E-state index in [9.17, 15) is 4.79 Å². The van der Waals surface area contributed by atoms with Crippen LogP contribution < -0.4 is 14.8 Å². The molecule has 1 unspecified atom stereocenters. The van der Waals surface area contributed by atoms with Crippen molar-refractivity contribution in [1.29, 1.82) is 0 Å². The topological polar surface area (TPSA) is 47.6 Å². The van der Waals surface area contributed by atoms with Gasteiger partial charge in [0, 0.05) is 5.02 Å². The molecule has 0 aromatic heterocycles. The highest BCUT2D eigenvalue weighted by Gasteiger charge is 2.16. The van der Waals surface area contributed by atoms with Crippen molar-refractivity contribution >= 4 is 23.2 Å². The summed E-state index contributed by atoms with van der Waals surface area (Å²) in [6.07, 6.45) is 1.38. The van der Waals surface area contributed by atoms with Crippen molar-refractivity contribution in [2.75, 3.05) is 11.9 Å². The molecule has 5 heteroatoms. The lowest BCUT2D eigenvalue weighted by molar-refractivity contribution is -0.122. The fourth-order valence-electron chi connectivity index (χ4n) is 2.03. The maximum Gasteiger partial charge on any atom is 0.265 e. The van der Waals surface area contributed by atoms with Gasteiger partial charge in [-0.1, -0.05) is 37.1 Å². The van der Waals surface area contributed by atoms with Gasteiger partial charge in [0.1, 0.15) is 11.5 Å². The van der Waals surface area contributed by atoms with Gasteiger partial charge in [-0.05, 0) is 49.7 Å². The molecule has 0 heterocycles. The first-order valence-corrected chi connectivity index (χ1v) is 8.43. The van der Waals surface area contributed by atoms with E-state index in [-0.39, 0.29) is 5.91 Å². The number of ether oxygens (including phenoxy) is 2. The number of rotatable bonds is 8. The summed E-state index contributed by atoms with van der Waals surface area (Å²) in [4.78, 5) is 12.3. The predicted octanol–water partition coefficient (Wildman–Crippen LogP) is 4.92. The van der Waals surface area contributed by atoms with Gasteiger partial charge in [-0.25, -0.2) is 0 Å². The second-order valence-corrected chi connectivity index (χ2v) is 5.84. The van der Waals surface area contributed by atoms with Crippen molar-refractivity contribution < 1.29 is 14.3 Å². The Hall–Kier alpha value is -2.20. The average molecular weight is 348 g/mol. The van der Waals surface area contributed by atoms with Gasteiger partial charge < -0.3 is 14.8 Å². The van der Waals surface area contributed by atoms with Crippen molar-refractivity contribution in [2.45, 2.75) is 32.8 Å². The van der Waals surface area contributed by atoms with Gasteiger partial charge in [-0.3, -0.25) is 4.79 Å². The zero-order chi connectivity index (χ0) is 17.4. The van der Waals surface area contributed by atoms with Gasteiger partial charge in [0.05, 0.1) is 12.3 Å². The first-order chi connectivity index (χ1) is 11.6. The van der Waals surface area contributed by atoms with Crippen LogP contribution in [0.5, 0.6) is 11.5 Å². The molecule has 1 amide bonds. The molecule has 2 aromatic rings. The fourth-order valence-corrected chi connectivity index (χ4v) is 2.15. The molecule has 128 valence electrons. The first kappa shape index (κ1) is 18.1. The number of hydrogen-bond donors (Lipinski definition) is 1. The smallest absolute Gasteiger partial charge is 0.265 e. The molecule has 0 aliphatic heterocycles. The minimum Gasteiger partial charge on any atom is -0.491 e. The normalized spacial score (nSPS) is 11.6. The van der Waals surface area contributed by atoms with Crippen LogP contribution in [0.4, 0.5) is 5.69 Å². The molecule has 0 fully saturated rings. The molecule has 1 atom stereocenters. The zero-order valence-electron chi connectivity index (χ0n) is 13.9. The van der Waals surface area contributed by atoms with Crippen LogP contribution in [0.2, 0.25) is 5.02 Å². The lowest BCUT2D eigenvalue weighted by atomic mass is 10.2. The van der Waals surface area contributed by atoms with Crippen molar-refractivity contribution in [3.63, 3.8) is 0 Å². The highest BCUT2D eigenvalue weighted by atomic mass is 35.5. The van der Waals surface area contributed by atoms with Gasteiger partial charge in [0.15, 0.2) is 6.10 Å². The average Bonchev–Trinajstić information content (AvgIpc) is 2.58. The second-order valence-electron chi connectivity index (χ2n) is 5.40. The number of nitrogens with one attached hydrogen (secondary N) is 1. The van der Waals surface area contributed by atoms with E-state index in [1.54, 1.807) is 31.2 Å². The number of amides is 1. The summed E-state index contributed by atoms with van der Waals surface area (Å²) in [5, 5.41) is 3.48. The molecule has 0 spiro atoms. The van der Waals surface area contributed by atoms with Crippen molar-refractivity contribution in [2.24, 2.45) is 0 Å². The largest absolute Gasteiger partial charge is 0.491 e. The molecule has 1 N–H and O–H groups in total. The van der Waals surface area contributed by atoms with Crippen LogP contribution in [0.3, 0.4) is 0 Å². The van der Waals surface area contributed by atoms with Crippen molar-refractivity contribution in [3.05, 3.63) is 53.6 Å². The molecule has 24 heavy (non-hydrogen) atoms. The minimum absolute atomic E-state index is 0.239. The predicted molar refractivity (Wildman–Crippen MR) is 97.0 cm³/mol. The molecule has 0 aliphatic rings. The Bertz CT molecular complexity index is 658. The van der Waals surface area contributed by atoms with E-state index in [0.717, 1.165) is 12.8 Å². The van der Waals surface area contributed by atoms with Crippen LogP contribution in [0.1, 0.15) is 26.7 Å². The molecule has 2 rings (SSSR count). The molecule has 0 bridgehead atoms. The summed E-state index contributed by atoms with van der Waals surface area (Å²) in [6.45, 7) is 4.43. The third-order valence-electron chi connectivity index (χ3n) is 3.40. The SMILES string of the molecule is CCCCOc1ccccc1NC(=O)C(C)Oc1ccc(Cl)cc1. The summed E-state index contributed by atoms with van der Waals surface area (Å²) in [5.74, 6) is 1.02. The summed E-state index contributed by atoms with van der Waals surface area (Å²) in [7, 11) is 0. The molecule has 4 nitrogen and oxygen atoms in total. The fraction of sp³-hybridized carbons (Fsp3) is 0.316. The maximum atomic E-state index is 12.3. The van der Waals surface area contributed by atoms with Crippen LogP contribution in [0.25, 0.3) is 0 Å². The monoisotopic (exact) mass is 347 g/mol. The minimum atomic E-state index is -0.644. The van der Waals surface area contributed by atoms with E-state index in [1.165, 1.54) is 0 Å². The molecule has 0 aliphatic carbocycles. The van der Waals surface area contributed by atoms with Gasteiger partial charge >= 0.3 is 0 Å². The first-order valence-electron chi connectivity index (χ1n) is 8.05. The molecule has 0 saturated heterocycles. The van der Waals surface area contributed by atoms with Gasteiger partial charge in [-0.2, -0.15) is 0 Å². The summed E-state index contributed by atoms with van der Waals surface area (Å²) in [6, 6.07) is 14.3. The van der Waals surface area contributed by atoms with Crippen LogP contribution in [-0.4, -0.2) is 18.6 Å². The molecule has 0 saturated carbocycles. The van der Waals surface area contributed by atoms with Crippen LogP contribution in [-0.2, 0) is 4.79 Å². The number of para-hydroxylation sites is 2. The third-order valence-corrected chi connectivity index (χ3v) is 3.65. The number of halogens is 1. The molecular formula is C19H22ClNO3. The van der Waals surface area contributed by atoms with Crippen molar-refractivity contribution in [1.82, 2.24) is 0 Å². The van der Waals surface area contributed by atoms with E-state index in [2.05, 4.69) is 12.2 Å².